The van der Waals surface area contributed by atoms with Gasteiger partial charge < -0.3 is 15.6 Å². The number of carbonyl (C=O) groups excluding carboxylic acids is 1. The lowest BCUT2D eigenvalue weighted by molar-refractivity contribution is -0.129. The second kappa shape index (κ2) is 4.06. The number of amides is 1. The van der Waals surface area contributed by atoms with Crippen LogP contribution in [0, 0.1) is 0 Å². The van der Waals surface area contributed by atoms with Crippen molar-refractivity contribution in [2.45, 2.75) is 31.8 Å². The molecule has 82 valence electrons. The molecule has 0 aromatic carbocycles. The summed E-state index contributed by atoms with van der Waals surface area (Å²) >= 11 is 0. The molecule has 1 fully saturated rings. The van der Waals surface area contributed by atoms with Gasteiger partial charge >= 0.3 is 0 Å². The number of nitrogens with one attached hydrogen (secondary N) is 1. The van der Waals surface area contributed by atoms with E-state index >= 15 is 0 Å². The van der Waals surface area contributed by atoms with E-state index in [9.17, 15) is 4.79 Å². The first-order valence-corrected chi connectivity index (χ1v) is 5.42. The van der Waals surface area contributed by atoms with E-state index in [0.717, 1.165) is 18.7 Å². The van der Waals surface area contributed by atoms with Gasteiger partial charge in [0.15, 0.2) is 0 Å². The molecular formula is C11H17N3O. The van der Waals surface area contributed by atoms with Gasteiger partial charge in [0.1, 0.15) is 0 Å². The molecule has 0 saturated carbocycles. The first-order chi connectivity index (χ1) is 7.24. The van der Waals surface area contributed by atoms with Gasteiger partial charge in [0.05, 0.1) is 6.04 Å². The number of likely N-dealkylation sites (tertiary alicyclic amines) is 1. The van der Waals surface area contributed by atoms with E-state index in [2.05, 4.69) is 11.9 Å². The van der Waals surface area contributed by atoms with Gasteiger partial charge in [-0.25, -0.2) is 0 Å². The number of aromatic nitrogens is 1. The Morgan fingerprint density at radius 3 is 3.07 bits per heavy atom. The summed E-state index contributed by atoms with van der Waals surface area (Å²) in [6.45, 7) is 2.86. The summed E-state index contributed by atoms with van der Waals surface area (Å²) in [4.78, 5) is 16.7. The summed E-state index contributed by atoms with van der Waals surface area (Å²) < 4.78 is 0. The molecule has 2 unspecified atom stereocenters. The zero-order valence-corrected chi connectivity index (χ0v) is 8.94. The minimum atomic E-state index is -0.0808. The van der Waals surface area contributed by atoms with Crippen LogP contribution < -0.4 is 5.73 Å². The summed E-state index contributed by atoms with van der Waals surface area (Å²) in [5.41, 5.74) is 7.04. The molecule has 2 rings (SSSR count). The van der Waals surface area contributed by atoms with E-state index in [4.69, 9.17) is 5.73 Å². The SMILES string of the molecule is CCCN1C(=O)CC(N)C1c1ccc[nH]1. The predicted molar refractivity (Wildman–Crippen MR) is 58.1 cm³/mol. The van der Waals surface area contributed by atoms with Gasteiger partial charge in [0, 0.05) is 30.9 Å². The standard InChI is InChI=1S/C11H17N3O/c1-2-6-14-10(15)7-8(12)11(14)9-4-3-5-13-9/h3-5,8,11,13H,2,6-7,12H2,1H3. The Hall–Kier alpha value is -1.29. The lowest BCUT2D eigenvalue weighted by atomic mass is 10.1. The van der Waals surface area contributed by atoms with Gasteiger partial charge in [-0.1, -0.05) is 6.92 Å². The number of hydrogen-bond acceptors (Lipinski definition) is 2. The topological polar surface area (TPSA) is 62.1 Å². The van der Waals surface area contributed by atoms with Crippen LogP contribution >= 0.6 is 0 Å². The van der Waals surface area contributed by atoms with E-state index in [0.29, 0.717) is 6.42 Å². The highest BCUT2D eigenvalue weighted by Crippen LogP contribution is 2.30. The molecule has 1 aliphatic heterocycles. The summed E-state index contributed by atoms with van der Waals surface area (Å²) in [6.07, 6.45) is 3.30. The molecule has 1 aromatic heterocycles. The normalized spacial score (nSPS) is 26.3. The number of hydrogen-bond donors (Lipinski definition) is 2. The molecule has 3 N–H and O–H groups in total. The van der Waals surface area contributed by atoms with Crippen molar-refractivity contribution < 1.29 is 4.79 Å². The zero-order valence-electron chi connectivity index (χ0n) is 8.94. The Morgan fingerprint density at radius 2 is 2.47 bits per heavy atom. The average molecular weight is 207 g/mol. The Kier molecular flexibility index (Phi) is 2.77. The minimum absolute atomic E-state index is 0.0347. The Balaban J connectivity index is 2.23. The number of nitrogens with two attached hydrogens (primary N) is 1. The summed E-state index contributed by atoms with van der Waals surface area (Å²) in [5, 5.41) is 0. The van der Waals surface area contributed by atoms with Gasteiger partial charge in [-0.05, 0) is 18.6 Å². The second-order valence-corrected chi connectivity index (χ2v) is 4.03. The number of rotatable bonds is 3. The molecule has 0 bridgehead atoms. The molecule has 4 nitrogen and oxygen atoms in total. The maximum atomic E-state index is 11.7. The van der Waals surface area contributed by atoms with E-state index in [-0.39, 0.29) is 18.0 Å². The van der Waals surface area contributed by atoms with Crippen molar-refractivity contribution in [2.75, 3.05) is 6.54 Å². The molecule has 0 aliphatic carbocycles. The van der Waals surface area contributed by atoms with Crippen LogP contribution in [0.5, 0.6) is 0 Å². The molecule has 1 aliphatic rings. The van der Waals surface area contributed by atoms with Gasteiger partial charge in [-0.3, -0.25) is 4.79 Å². The molecule has 15 heavy (non-hydrogen) atoms. The molecule has 2 atom stereocenters. The van der Waals surface area contributed by atoms with Crippen molar-refractivity contribution in [3.63, 3.8) is 0 Å². The number of aromatic amines is 1. The minimum Gasteiger partial charge on any atom is -0.363 e. The van der Waals surface area contributed by atoms with Crippen LogP contribution in [0.1, 0.15) is 31.5 Å². The molecule has 0 spiro atoms. The zero-order chi connectivity index (χ0) is 10.8. The molecule has 0 radical (unpaired) electrons. The van der Waals surface area contributed by atoms with E-state index < -0.39 is 0 Å². The smallest absolute Gasteiger partial charge is 0.224 e. The maximum Gasteiger partial charge on any atom is 0.224 e. The third-order valence-corrected chi connectivity index (χ3v) is 2.88. The van der Waals surface area contributed by atoms with Crippen LogP contribution in [0.15, 0.2) is 18.3 Å². The summed E-state index contributed by atoms with van der Waals surface area (Å²) in [6, 6.07) is 3.89. The van der Waals surface area contributed by atoms with Crippen LogP contribution in [0.25, 0.3) is 0 Å². The van der Waals surface area contributed by atoms with E-state index in [1.807, 2.05) is 23.2 Å². The average Bonchev–Trinajstić information content (AvgIpc) is 2.77. The molecule has 2 heterocycles. The fourth-order valence-electron chi connectivity index (χ4n) is 2.25. The second-order valence-electron chi connectivity index (χ2n) is 4.03. The Morgan fingerprint density at radius 1 is 1.67 bits per heavy atom. The fourth-order valence-corrected chi connectivity index (χ4v) is 2.25. The van der Waals surface area contributed by atoms with Crippen molar-refractivity contribution in [1.29, 1.82) is 0 Å². The molecule has 1 saturated heterocycles. The van der Waals surface area contributed by atoms with Crippen LogP contribution in [0.4, 0.5) is 0 Å². The van der Waals surface area contributed by atoms with Crippen molar-refractivity contribution in [1.82, 2.24) is 9.88 Å². The molecular weight excluding hydrogens is 190 g/mol. The quantitative estimate of drug-likeness (QED) is 0.777. The van der Waals surface area contributed by atoms with Crippen molar-refractivity contribution >= 4 is 5.91 Å². The van der Waals surface area contributed by atoms with Crippen molar-refractivity contribution in [3.05, 3.63) is 24.0 Å². The predicted octanol–water partition coefficient (Wildman–Crippen LogP) is 1.03. The Bertz CT molecular complexity index is 334. The van der Waals surface area contributed by atoms with Crippen LogP contribution in [0.3, 0.4) is 0 Å². The van der Waals surface area contributed by atoms with Crippen LogP contribution in [-0.4, -0.2) is 28.4 Å². The first kappa shape index (κ1) is 10.2. The highest BCUT2D eigenvalue weighted by molar-refractivity contribution is 5.80. The third kappa shape index (κ3) is 1.77. The number of H-pyrrole nitrogens is 1. The van der Waals surface area contributed by atoms with Crippen LogP contribution in [-0.2, 0) is 4.79 Å². The summed E-state index contributed by atoms with van der Waals surface area (Å²) in [7, 11) is 0. The molecule has 1 aromatic rings. The van der Waals surface area contributed by atoms with E-state index in [1.54, 1.807) is 0 Å². The lowest BCUT2D eigenvalue weighted by Crippen LogP contribution is -2.33. The number of carbonyl (C=O) groups is 1. The Labute approximate surface area is 89.5 Å². The highest BCUT2D eigenvalue weighted by atomic mass is 16.2. The van der Waals surface area contributed by atoms with Gasteiger partial charge in [0.2, 0.25) is 5.91 Å². The fraction of sp³-hybridized carbons (Fsp3) is 0.545. The lowest BCUT2D eigenvalue weighted by Gasteiger charge is -2.25. The maximum absolute atomic E-state index is 11.7. The van der Waals surface area contributed by atoms with Gasteiger partial charge in [0.25, 0.3) is 0 Å². The van der Waals surface area contributed by atoms with Crippen molar-refractivity contribution in [2.24, 2.45) is 5.73 Å². The molecule has 1 amide bonds. The first-order valence-electron chi connectivity index (χ1n) is 5.42. The highest BCUT2D eigenvalue weighted by Gasteiger charge is 2.38. The number of nitrogens with zero attached hydrogens (tertiary/aromatic N) is 1. The van der Waals surface area contributed by atoms with Gasteiger partial charge in [-0.2, -0.15) is 0 Å². The third-order valence-electron chi connectivity index (χ3n) is 2.88. The van der Waals surface area contributed by atoms with Gasteiger partial charge in [-0.15, -0.1) is 0 Å². The monoisotopic (exact) mass is 207 g/mol. The van der Waals surface area contributed by atoms with Crippen molar-refractivity contribution in [3.8, 4) is 0 Å². The van der Waals surface area contributed by atoms with Crippen LogP contribution in [0.2, 0.25) is 0 Å². The summed E-state index contributed by atoms with van der Waals surface area (Å²) in [5.74, 6) is 0.170. The molecule has 4 heteroatoms. The van der Waals surface area contributed by atoms with E-state index in [1.165, 1.54) is 0 Å². The largest absolute Gasteiger partial charge is 0.363 e.